The van der Waals surface area contributed by atoms with E-state index in [4.69, 9.17) is 29.0 Å². The number of halogens is 2. The van der Waals surface area contributed by atoms with Gasteiger partial charge in [0.15, 0.2) is 0 Å². The Hall–Kier alpha value is -0.280. The van der Waals surface area contributed by atoms with Gasteiger partial charge in [0.1, 0.15) is 0 Å². The van der Waals surface area contributed by atoms with E-state index in [1.165, 1.54) is 25.7 Å². The zero-order valence-corrected chi connectivity index (χ0v) is 14.6. The molecule has 3 N–H and O–H groups in total. The summed E-state index contributed by atoms with van der Waals surface area (Å²) >= 11 is 12.5. The van der Waals surface area contributed by atoms with Crippen LogP contribution in [0.1, 0.15) is 58.1 Å². The second-order valence-corrected chi connectivity index (χ2v) is 8.05. The molecule has 0 bridgehead atoms. The lowest BCUT2D eigenvalue weighted by Gasteiger charge is -2.39. The average molecular weight is 329 g/mol. The van der Waals surface area contributed by atoms with Gasteiger partial charge in [-0.05, 0) is 54.6 Å². The number of benzene rings is 1. The lowest BCUT2D eigenvalue weighted by Crippen LogP contribution is -2.37. The fourth-order valence-electron chi connectivity index (χ4n) is 3.56. The van der Waals surface area contributed by atoms with E-state index in [2.05, 4.69) is 26.2 Å². The fraction of sp³-hybridized carbons (Fsp3) is 0.647. The Bertz CT molecular complexity index is 474. The van der Waals surface area contributed by atoms with Gasteiger partial charge in [0.25, 0.3) is 0 Å². The van der Waals surface area contributed by atoms with Crippen molar-refractivity contribution in [3.05, 3.63) is 33.8 Å². The lowest BCUT2D eigenvalue weighted by molar-refractivity contribution is 0.132. The molecule has 1 saturated carbocycles. The van der Waals surface area contributed by atoms with Crippen LogP contribution < -0.4 is 11.3 Å². The summed E-state index contributed by atoms with van der Waals surface area (Å²) in [5, 5.41) is 1.22. The largest absolute Gasteiger partial charge is 0.271 e. The van der Waals surface area contributed by atoms with Gasteiger partial charge in [-0.2, -0.15) is 0 Å². The second kappa shape index (κ2) is 6.87. The van der Waals surface area contributed by atoms with Crippen molar-refractivity contribution in [1.82, 2.24) is 5.43 Å². The van der Waals surface area contributed by atoms with Crippen LogP contribution in [0.2, 0.25) is 10.0 Å². The Labute approximate surface area is 138 Å². The summed E-state index contributed by atoms with van der Waals surface area (Å²) in [5.74, 6) is 7.13. The minimum Gasteiger partial charge on any atom is -0.271 e. The van der Waals surface area contributed by atoms with Gasteiger partial charge < -0.3 is 0 Å². The van der Waals surface area contributed by atoms with E-state index in [1.54, 1.807) is 0 Å². The minimum absolute atomic E-state index is 0.0807. The van der Waals surface area contributed by atoms with Crippen LogP contribution in [-0.4, -0.2) is 0 Å². The van der Waals surface area contributed by atoms with Gasteiger partial charge in [0, 0.05) is 0 Å². The number of hydrogen-bond acceptors (Lipinski definition) is 2. The van der Waals surface area contributed by atoms with Crippen LogP contribution in [-0.2, 0) is 0 Å². The maximum atomic E-state index is 6.36. The molecule has 1 fully saturated rings. The van der Waals surface area contributed by atoms with E-state index in [9.17, 15) is 0 Å². The van der Waals surface area contributed by atoms with Crippen LogP contribution in [0.3, 0.4) is 0 Å². The molecule has 0 aliphatic heterocycles. The Morgan fingerprint density at radius 2 is 1.76 bits per heavy atom. The smallest absolute Gasteiger partial charge is 0.0640 e. The summed E-state index contributed by atoms with van der Waals surface area (Å²) in [6, 6.07) is 5.86. The van der Waals surface area contributed by atoms with Crippen molar-refractivity contribution in [1.29, 1.82) is 0 Å². The Morgan fingerprint density at radius 1 is 1.14 bits per heavy atom. The van der Waals surface area contributed by atoms with Crippen molar-refractivity contribution < 1.29 is 0 Å². The molecule has 0 radical (unpaired) electrons. The Kier molecular flexibility index (Phi) is 5.59. The molecule has 0 heterocycles. The molecule has 1 unspecified atom stereocenters. The maximum absolute atomic E-state index is 6.36. The molecule has 1 aliphatic carbocycles. The predicted octanol–water partition coefficient (Wildman–Crippen LogP) is 5.35. The molecule has 0 saturated heterocycles. The van der Waals surface area contributed by atoms with E-state index in [0.29, 0.717) is 21.4 Å². The van der Waals surface area contributed by atoms with Gasteiger partial charge >= 0.3 is 0 Å². The third-order valence-electron chi connectivity index (χ3n) is 4.96. The quantitative estimate of drug-likeness (QED) is 0.579. The standard InChI is InChI=1S/C17H26Cl2N2/c1-17(2,3)12-9-7-11(8-10-12)16(21-20)13-5-4-6-14(18)15(13)19/h4-6,11-12,16,21H,7-10,20H2,1-3H3. The molecule has 0 aromatic heterocycles. The molecule has 118 valence electrons. The van der Waals surface area contributed by atoms with Crippen molar-refractivity contribution in [3.63, 3.8) is 0 Å². The molecule has 1 atom stereocenters. The molecule has 2 rings (SSSR count). The van der Waals surface area contributed by atoms with Crippen LogP contribution in [0.5, 0.6) is 0 Å². The highest BCUT2D eigenvalue weighted by molar-refractivity contribution is 6.42. The van der Waals surface area contributed by atoms with Gasteiger partial charge in [0.2, 0.25) is 0 Å². The summed E-state index contributed by atoms with van der Waals surface area (Å²) in [7, 11) is 0. The number of rotatable bonds is 3. The summed E-state index contributed by atoms with van der Waals surface area (Å²) in [6.45, 7) is 7.01. The van der Waals surface area contributed by atoms with Gasteiger partial charge in [-0.15, -0.1) is 0 Å². The van der Waals surface area contributed by atoms with E-state index in [0.717, 1.165) is 11.5 Å². The Balaban J connectivity index is 2.12. The topological polar surface area (TPSA) is 38.0 Å². The molecule has 2 nitrogen and oxygen atoms in total. The van der Waals surface area contributed by atoms with Gasteiger partial charge in [-0.25, -0.2) is 0 Å². The average Bonchev–Trinajstić information content (AvgIpc) is 2.44. The monoisotopic (exact) mass is 328 g/mol. The first-order valence-corrected chi connectivity index (χ1v) is 8.50. The SMILES string of the molecule is CC(C)(C)C1CCC(C(NN)c2cccc(Cl)c2Cl)CC1. The van der Waals surface area contributed by atoms with Crippen LogP contribution in [0.4, 0.5) is 0 Å². The Morgan fingerprint density at radius 3 is 2.29 bits per heavy atom. The van der Waals surface area contributed by atoms with Crippen LogP contribution in [0, 0.1) is 17.3 Å². The summed E-state index contributed by atoms with van der Waals surface area (Å²) < 4.78 is 0. The van der Waals surface area contributed by atoms with Crippen molar-refractivity contribution in [3.8, 4) is 0 Å². The molecule has 0 spiro atoms. The van der Waals surface area contributed by atoms with Crippen molar-refractivity contribution in [2.45, 2.75) is 52.5 Å². The summed E-state index contributed by atoms with van der Waals surface area (Å²) in [5.41, 5.74) is 4.38. The minimum atomic E-state index is 0.0807. The zero-order valence-electron chi connectivity index (χ0n) is 13.1. The molecular weight excluding hydrogens is 303 g/mol. The molecule has 4 heteroatoms. The first-order valence-electron chi connectivity index (χ1n) is 7.74. The molecule has 1 aromatic carbocycles. The number of hydrazine groups is 1. The van der Waals surface area contributed by atoms with Gasteiger partial charge in [0.05, 0.1) is 16.1 Å². The molecule has 1 aromatic rings. The lowest BCUT2D eigenvalue weighted by atomic mass is 9.68. The van der Waals surface area contributed by atoms with Crippen LogP contribution >= 0.6 is 23.2 Å². The highest BCUT2D eigenvalue weighted by Crippen LogP contribution is 2.44. The third-order valence-corrected chi connectivity index (χ3v) is 5.80. The first-order chi connectivity index (χ1) is 9.84. The van der Waals surface area contributed by atoms with Crippen molar-refractivity contribution in [2.24, 2.45) is 23.1 Å². The highest BCUT2D eigenvalue weighted by atomic mass is 35.5. The molecule has 1 aliphatic rings. The number of nitrogens with two attached hydrogens (primary N) is 1. The van der Waals surface area contributed by atoms with E-state index in [1.807, 2.05) is 18.2 Å². The molecule has 0 amide bonds. The summed E-state index contributed by atoms with van der Waals surface area (Å²) in [4.78, 5) is 0. The maximum Gasteiger partial charge on any atom is 0.0640 e. The van der Waals surface area contributed by atoms with Crippen molar-refractivity contribution >= 4 is 23.2 Å². The third kappa shape index (κ3) is 3.92. The van der Waals surface area contributed by atoms with Crippen LogP contribution in [0.25, 0.3) is 0 Å². The van der Waals surface area contributed by atoms with Gasteiger partial charge in [-0.1, -0.05) is 56.1 Å². The van der Waals surface area contributed by atoms with Crippen molar-refractivity contribution in [2.75, 3.05) is 0 Å². The van der Waals surface area contributed by atoms with E-state index >= 15 is 0 Å². The fourth-order valence-corrected chi connectivity index (χ4v) is 3.98. The van der Waals surface area contributed by atoms with Gasteiger partial charge in [-0.3, -0.25) is 11.3 Å². The molecule has 21 heavy (non-hydrogen) atoms. The van der Waals surface area contributed by atoms with Crippen LogP contribution in [0.15, 0.2) is 18.2 Å². The van der Waals surface area contributed by atoms with E-state index < -0.39 is 0 Å². The molecular formula is C17H26Cl2N2. The normalized spacial score (nSPS) is 24.9. The summed E-state index contributed by atoms with van der Waals surface area (Å²) in [6.07, 6.45) is 4.87. The number of nitrogens with one attached hydrogen (secondary N) is 1. The highest BCUT2D eigenvalue weighted by Gasteiger charge is 2.33. The first kappa shape index (κ1) is 17.1. The zero-order chi connectivity index (χ0) is 15.6. The second-order valence-electron chi connectivity index (χ2n) is 7.27. The predicted molar refractivity (Wildman–Crippen MR) is 91.4 cm³/mol. The number of hydrogen-bond donors (Lipinski definition) is 2. The van der Waals surface area contributed by atoms with E-state index in [-0.39, 0.29) is 6.04 Å².